The Labute approximate surface area is 119 Å². The summed E-state index contributed by atoms with van der Waals surface area (Å²) >= 11 is 0. The lowest BCUT2D eigenvalue weighted by Gasteiger charge is -2.13. The molecule has 1 aromatic rings. The molecule has 1 aliphatic rings. The van der Waals surface area contributed by atoms with E-state index < -0.39 is 15.8 Å². The van der Waals surface area contributed by atoms with Gasteiger partial charge in [-0.2, -0.15) is 0 Å². The summed E-state index contributed by atoms with van der Waals surface area (Å²) in [6.45, 7) is 2.92. The number of sulfonamides is 1. The number of hydrogen-bond acceptors (Lipinski definition) is 3. The summed E-state index contributed by atoms with van der Waals surface area (Å²) in [4.78, 5) is 0.0143. The first-order valence-corrected chi connectivity index (χ1v) is 7.46. The second-order valence-electron chi connectivity index (χ2n) is 4.55. The fraction of sp³-hybridized carbons (Fsp3) is 0.500. The van der Waals surface area contributed by atoms with Crippen molar-refractivity contribution in [1.29, 1.82) is 0 Å². The fourth-order valence-corrected chi connectivity index (χ4v) is 3.42. The quantitative estimate of drug-likeness (QED) is 0.888. The van der Waals surface area contributed by atoms with Gasteiger partial charge in [0.15, 0.2) is 0 Å². The number of nitrogens with one attached hydrogen (secondary N) is 2. The van der Waals surface area contributed by atoms with E-state index in [2.05, 4.69) is 10.0 Å². The first-order chi connectivity index (χ1) is 8.49. The molecule has 0 radical (unpaired) electrons. The molecule has 1 unspecified atom stereocenters. The van der Waals surface area contributed by atoms with Crippen LogP contribution >= 0.6 is 12.4 Å². The molecular weight excluding hydrogens is 291 g/mol. The van der Waals surface area contributed by atoms with E-state index in [-0.39, 0.29) is 23.3 Å². The van der Waals surface area contributed by atoms with Crippen molar-refractivity contribution in [2.45, 2.75) is 30.7 Å². The van der Waals surface area contributed by atoms with Gasteiger partial charge in [0.1, 0.15) is 5.82 Å². The Morgan fingerprint density at radius 2 is 2.21 bits per heavy atom. The molecular formula is C12H18ClFN2O2S. The Morgan fingerprint density at radius 1 is 1.47 bits per heavy atom. The van der Waals surface area contributed by atoms with Crippen LogP contribution < -0.4 is 10.0 Å². The van der Waals surface area contributed by atoms with E-state index in [1.54, 1.807) is 6.92 Å². The Morgan fingerprint density at radius 3 is 2.84 bits per heavy atom. The molecule has 0 bridgehead atoms. The second-order valence-corrected chi connectivity index (χ2v) is 6.29. The Balaban J connectivity index is 0.00000180. The molecule has 0 aromatic heterocycles. The number of hydrogen-bond donors (Lipinski definition) is 2. The maximum absolute atomic E-state index is 13.1. The van der Waals surface area contributed by atoms with Crippen molar-refractivity contribution in [3.05, 3.63) is 29.6 Å². The molecule has 0 aliphatic carbocycles. The highest BCUT2D eigenvalue weighted by Crippen LogP contribution is 2.16. The van der Waals surface area contributed by atoms with Gasteiger partial charge in [-0.15, -0.1) is 12.4 Å². The summed E-state index contributed by atoms with van der Waals surface area (Å²) in [6.07, 6.45) is 2.02. The number of aryl methyl sites for hydroxylation is 1. The summed E-state index contributed by atoms with van der Waals surface area (Å²) in [7, 11) is -3.63. The van der Waals surface area contributed by atoms with Crippen molar-refractivity contribution in [1.82, 2.24) is 10.0 Å². The lowest BCUT2D eigenvalue weighted by molar-refractivity contribution is 0.549. The van der Waals surface area contributed by atoms with Crippen LogP contribution in [-0.4, -0.2) is 27.5 Å². The Bertz CT molecular complexity index is 531. The van der Waals surface area contributed by atoms with Crippen molar-refractivity contribution in [3.63, 3.8) is 0 Å². The molecule has 108 valence electrons. The van der Waals surface area contributed by atoms with Crippen LogP contribution in [-0.2, 0) is 10.0 Å². The molecule has 4 nitrogen and oxygen atoms in total. The van der Waals surface area contributed by atoms with Crippen LogP contribution in [0.25, 0.3) is 0 Å². The Hall–Kier alpha value is -0.690. The van der Waals surface area contributed by atoms with Crippen molar-refractivity contribution < 1.29 is 12.8 Å². The van der Waals surface area contributed by atoms with Gasteiger partial charge in [0.05, 0.1) is 4.90 Å². The van der Waals surface area contributed by atoms with Gasteiger partial charge in [-0.05, 0) is 44.0 Å². The smallest absolute Gasteiger partial charge is 0.240 e. The normalized spacial score (nSPS) is 19.2. The summed E-state index contributed by atoms with van der Waals surface area (Å²) in [6, 6.07) is 3.96. The van der Waals surface area contributed by atoms with E-state index in [1.807, 2.05) is 0 Å². The van der Waals surface area contributed by atoms with E-state index in [0.717, 1.165) is 25.5 Å². The predicted octanol–water partition coefficient (Wildman–Crippen LogP) is 1.59. The third-order valence-electron chi connectivity index (χ3n) is 3.12. The molecule has 7 heteroatoms. The average Bonchev–Trinajstić information content (AvgIpc) is 2.83. The minimum Gasteiger partial charge on any atom is -0.313 e. The van der Waals surface area contributed by atoms with Crippen LogP contribution in [0.5, 0.6) is 0 Å². The summed E-state index contributed by atoms with van der Waals surface area (Å²) in [5.41, 5.74) is 0.545. The molecule has 1 saturated heterocycles. The minimum atomic E-state index is -3.63. The van der Waals surface area contributed by atoms with Gasteiger partial charge in [0, 0.05) is 12.6 Å². The summed E-state index contributed by atoms with van der Waals surface area (Å²) < 4.78 is 39.8. The predicted molar refractivity (Wildman–Crippen MR) is 74.6 cm³/mol. The molecule has 19 heavy (non-hydrogen) atoms. The van der Waals surface area contributed by atoms with Gasteiger partial charge in [0.2, 0.25) is 10.0 Å². The highest BCUT2D eigenvalue weighted by molar-refractivity contribution is 7.89. The van der Waals surface area contributed by atoms with E-state index in [1.165, 1.54) is 12.1 Å². The van der Waals surface area contributed by atoms with Gasteiger partial charge in [0.25, 0.3) is 0 Å². The van der Waals surface area contributed by atoms with Crippen molar-refractivity contribution in [3.8, 4) is 0 Å². The van der Waals surface area contributed by atoms with Crippen LogP contribution in [0.3, 0.4) is 0 Å². The molecule has 1 atom stereocenters. The van der Waals surface area contributed by atoms with Crippen LogP contribution in [0.2, 0.25) is 0 Å². The monoisotopic (exact) mass is 308 g/mol. The fourth-order valence-electron chi connectivity index (χ4n) is 2.08. The molecule has 1 aromatic carbocycles. The molecule has 1 heterocycles. The van der Waals surface area contributed by atoms with Gasteiger partial charge in [-0.1, -0.05) is 6.07 Å². The van der Waals surface area contributed by atoms with Crippen molar-refractivity contribution >= 4 is 22.4 Å². The van der Waals surface area contributed by atoms with Crippen LogP contribution in [0, 0.1) is 12.7 Å². The van der Waals surface area contributed by atoms with E-state index in [9.17, 15) is 12.8 Å². The van der Waals surface area contributed by atoms with Crippen LogP contribution in [0.15, 0.2) is 23.1 Å². The topological polar surface area (TPSA) is 58.2 Å². The third kappa shape index (κ3) is 4.14. The standard InChI is InChI=1S/C12H17FN2O2S.ClH/c1-9-4-5-10(13)7-12(9)18(16,17)15-8-11-3-2-6-14-11;/h4-5,7,11,14-15H,2-3,6,8H2,1H3;1H. The number of rotatable bonds is 4. The maximum Gasteiger partial charge on any atom is 0.240 e. The van der Waals surface area contributed by atoms with E-state index in [4.69, 9.17) is 0 Å². The first kappa shape index (κ1) is 16.4. The van der Waals surface area contributed by atoms with Crippen LogP contribution in [0.4, 0.5) is 4.39 Å². The average molecular weight is 309 g/mol. The summed E-state index contributed by atoms with van der Waals surface area (Å²) in [5.74, 6) is -0.542. The Kier molecular flexibility index (Phi) is 5.73. The zero-order valence-corrected chi connectivity index (χ0v) is 12.3. The first-order valence-electron chi connectivity index (χ1n) is 5.98. The van der Waals surface area contributed by atoms with E-state index in [0.29, 0.717) is 12.1 Å². The summed E-state index contributed by atoms with van der Waals surface area (Å²) in [5, 5.41) is 3.21. The molecule has 2 N–H and O–H groups in total. The maximum atomic E-state index is 13.1. The second kappa shape index (κ2) is 6.65. The molecule has 0 spiro atoms. The number of benzene rings is 1. The van der Waals surface area contributed by atoms with Crippen molar-refractivity contribution in [2.24, 2.45) is 0 Å². The zero-order chi connectivity index (χ0) is 13.2. The molecule has 1 aliphatic heterocycles. The molecule has 0 saturated carbocycles. The van der Waals surface area contributed by atoms with Gasteiger partial charge >= 0.3 is 0 Å². The molecule has 1 fully saturated rings. The SMILES string of the molecule is Cc1ccc(F)cc1S(=O)(=O)NCC1CCCN1.Cl. The van der Waals surface area contributed by atoms with Gasteiger partial charge in [-0.3, -0.25) is 0 Å². The number of halogens is 2. The highest BCUT2D eigenvalue weighted by Gasteiger charge is 2.21. The van der Waals surface area contributed by atoms with Gasteiger partial charge < -0.3 is 5.32 Å². The third-order valence-corrected chi connectivity index (χ3v) is 4.69. The highest BCUT2D eigenvalue weighted by atomic mass is 35.5. The molecule has 0 amide bonds. The van der Waals surface area contributed by atoms with Gasteiger partial charge in [-0.25, -0.2) is 17.5 Å². The lowest BCUT2D eigenvalue weighted by atomic mass is 10.2. The zero-order valence-electron chi connectivity index (χ0n) is 10.6. The lowest BCUT2D eigenvalue weighted by Crippen LogP contribution is -2.37. The molecule has 2 rings (SSSR count). The largest absolute Gasteiger partial charge is 0.313 e. The minimum absolute atomic E-state index is 0. The van der Waals surface area contributed by atoms with Crippen LogP contribution in [0.1, 0.15) is 18.4 Å². The van der Waals surface area contributed by atoms with E-state index >= 15 is 0 Å². The van der Waals surface area contributed by atoms with Crippen molar-refractivity contribution in [2.75, 3.05) is 13.1 Å².